The number of carbonyl (C=O) groups excluding carboxylic acids is 3. The van der Waals surface area contributed by atoms with Crippen molar-refractivity contribution in [1.82, 2.24) is 10.6 Å². The third-order valence-corrected chi connectivity index (χ3v) is 6.18. The van der Waals surface area contributed by atoms with Crippen molar-refractivity contribution in [2.24, 2.45) is 5.92 Å². The van der Waals surface area contributed by atoms with E-state index in [2.05, 4.69) is 17.6 Å². The molecule has 0 radical (unpaired) electrons. The highest BCUT2D eigenvalue weighted by atomic mass is 32.2. The zero-order valence-electron chi connectivity index (χ0n) is 14.6. The largest absolute Gasteiger partial charge is 0.353 e. The molecule has 2 fully saturated rings. The summed E-state index contributed by atoms with van der Waals surface area (Å²) < 4.78 is 0. The Morgan fingerprint density at radius 2 is 1.79 bits per heavy atom. The topological polar surface area (TPSA) is 75.3 Å². The third-order valence-electron chi connectivity index (χ3n) is 4.96. The standard InChI is InChI=1S/C18H30N2O3S/c1-13-7-5-3-2-4-6-8-14(10-9-13)19-17(22)12-24-15-11-16(21)20-18(15)23/h13-15H,2-12H2,1H3,(H,19,22)(H,20,21,23). The van der Waals surface area contributed by atoms with E-state index in [0.717, 1.165) is 25.2 Å². The van der Waals surface area contributed by atoms with Gasteiger partial charge in [0.1, 0.15) is 0 Å². The van der Waals surface area contributed by atoms with Crippen molar-refractivity contribution in [1.29, 1.82) is 0 Å². The molecule has 136 valence electrons. The highest BCUT2D eigenvalue weighted by Gasteiger charge is 2.31. The summed E-state index contributed by atoms with van der Waals surface area (Å²) in [5, 5.41) is 5.02. The van der Waals surface area contributed by atoms with Crippen molar-refractivity contribution in [3.8, 4) is 0 Å². The van der Waals surface area contributed by atoms with Gasteiger partial charge in [0.05, 0.1) is 11.0 Å². The smallest absolute Gasteiger partial charge is 0.240 e. The molecule has 0 aromatic heterocycles. The third kappa shape index (κ3) is 6.83. The molecule has 3 amide bonds. The number of nitrogens with one attached hydrogen (secondary N) is 2. The summed E-state index contributed by atoms with van der Waals surface area (Å²) in [6, 6.07) is 0.248. The molecular formula is C18H30N2O3S. The van der Waals surface area contributed by atoms with Crippen LogP contribution in [0.2, 0.25) is 0 Å². The van der Waals surface area contributed by atoms with E-state index >= 15 is 0 Å². The Morgan fingerprint density at radius 1 is 1.08 bits per heavy atom. The molecule has 6 heteroatoms. The van der Waals surface area contributed by atoms with Crippen LogP contribution in [0.1, 0.15) is 71.1 Å². The first-order valence-electron chi connectivity index (χ1n) is 9.29. The van der Waals surface area contributed by atoms with Gasteiger partial charge in [-0.2, -0.15) is 0 Å². The van der Waals surface area contributed by atoms with E-state index in [1.807, 2.05) is 0 Å². The molecule has 1 aliphatic heterocycles. The lowest BCUT2D eigenvalue weighted by Crippen LogP contribution is -2.37. The maximum atomic E-state index is 12.2. The van der Waals surface area contributed by atoms with E-state index in [0.29, 0.717) is 0 Å². The molecule has 24 heavy (non-hydrogen) atoms. The van der Waals surface area contributed by atoms with E-state index in [1.165, 1.54) is 50.3 Å². The average molecular weight is 355 g/mol. The van der Waals surface area contributed by atoms with Crippen LogP contribution in [0, 0.1) is 5.92 Å². The van der Waals surface area contributed by atoms with Crippen molar-refractivity contribution in [2.45, 2.75) is 82.4 Å². The molecule has 1 saturated heterocycles. The molecule has 0 aromatic carbocycles. The minimum atomic E-state index is -0.407. The summed E-state index contributed by atoms with van der Waals surface area (Å²) in [5.41, 5.74) is 0. The van der Waals surface area contributed by atoms with E-state index < -0.39 is 5.25 Å². The highest BCUT2D eigenvalue weighted by Crippen LogP contribution is 2.22. The van der Waals surface area contributed by atoms with Crippen LogP contribution < -0.4 is 10.6 Å². The average Bonchev–Trinajstić information content (AvgIpc) is 2.84. The number of hydrogen-bond donors (Lipinski definition) is 2. The fourth-order valence-electron chi connectivity index (χ4n) is 3.44. The van der Waals surface area contributed by atoms with Crippen molar-refractivity contribution >= 4 is 29.5 Å². The molecule has 3 unspecified atom stereocenters. The van der Waals surface area contributed by atoms with Crippen LogP contribution in [-0.4, -0.2) is 34.8 Å². The normalized spacial score (nSPS) is 29.6. The Bertz CT molecular complexity index is 456. The Morgan fingerprint density at radius 3 is 2.50 bits per heavy atom. The monoisotopic (exact) mass is 354 g/mol. The Hall–Kier alpha value is -1.04. The molecule has 3 atom stereocenters. The van der Waals surface area contributed by atoms with Crippen molar-refractivity contribution in [3.63, 3.8) is 0 Å². The van der Waals surface area contributed by atoms with Crippen LogP contribution in [-0.2, 0) is 14.4 Å². The zero-order chi connectivity index (χ0) is 17.4. The van der Waals surface area contributed by atoms with Gasteiger partial charge in [-0.1, -0.05) is 45.4 Å². The van der Waals surface area contributed by atoms with Crippen LogP contribution in [0.4, 0.5) is 0 Å². The molecule has 5 nitrogen and oxygen atoms in total. The lowest BCUT2D eigenvalue weighted by atomic mass is 9.95. The summed E-state index contributed by atoms with van der Waals surface area (Å²) in [7, 11) is 0. The number of hydrogen-bond acceptors (Lipinski definition) is 4. The molecule has 2 aliphatic rings. The molecule has 1 aliphatic carbocycles. The molecule has 2 rings (SSSR count). The molecule has 1 saturated carbocycles. The number of imide groups is 1. The molecule has 0 spiro atoms. The SMILES string of the molecule is CC1CCCCCCCC(NC(=O)CSC2CC(=O)NC2=O)CC1. The van der Waals surface area contributed by atoms with Crippen LogP contribution in [0.15, 0.2) is 0 Å². The fourth-order valence-corrected chi connectivity index (χ4v) is 4.36. The molecule has 2 N–H and O–H groups in total. The Balaban J connectivity index is 1.74. The molecular weight excluding hydrogens is 324 g/mol. The first-order valence-corrected chi connectivity index (χ1v) is 10.3. The number of thioether (sulfide) groups is 1. The van der Waals surface area contributed by atoms with Gasteiger partial charge in [0, 0.05) is 12.5 Å². The second-order valence-electron chi connectivity index (χ2n) is 7.21. The molecule has 0 bridgehead atoms. The maximum absolute atomic E-state index is 12.2. The fraction of sp³-hybridized carbons (Fsp3) is 0.833. The van der Waals surface area contributed by atoms with Crippen molar-refractivity contribution in [3.05, 3.63) is 0 Å². The number of rotatable bonds is 4. The van der Waals surface area contributed by atoms with Crippen LogP contribution in [0.25, 0.3) is 0 Å². The van der Waals surface area contributed by atoms with Gasteiger partial charge in [-0.25, -0.2) is 0 Å². The zero-order valence-corrected chi connectivity index (χ0v) is 15.5. The Kier molecular flexibility index (Phi) is 8.09. The van der Waals surface area contributed by atoms with Crippen LogP contribution >= 0.6 is 11.8 Å². The highest BCUT2D eigenvalue weighted by molar-refractivity contribution is 8.01. The Labute approximate surface area is 149 Å². The van der Waals surface area contributed by atoms with Gasteiger partial charge in [-0.3, -0.25) is 19.7 Å². The lowest BCUT2D eigenvalue weighted by molar-refractivity contribution is -0.124. The summed E-state index contributed by atoms with van der Waals surface area (Å²) in [6.07, 6.45) is 11.1. The predicted molar refractivity (Wildman–Crippen MR) is 96.7 cm³/mol. The lowest BCUT2D eigenvalue weighted by Gasteiger charge is -2.20. The first-order chi connectivity index (χ1) is 11.5. The van der Waals surface area contributed by atoms with E-state index in [4.69, 9.17) is 0 Å². The summed E-state index contributed by atoms with van der Waals surface area (Å²) in [6.45, 7) is 2.31. The van der Waals surface area contributed by atoms with Gasteiger partial charge in [-0.05, 0) is 25.2 Å². The minimum absolute atomic E-state index is 0.0142. The van der Waals surface area contributed by atoms with E-state index in [-0.39, 0.29) is 35.9 Å². The van der Waals surface area contributed by atoms with Gasteiger partial charge in [0.2, 0.25) is 17.7 Å². The van der Waals surface area contributed by atoms with Crippen molar-refractivity contribution in [2.75, 3.05) is 5.75 Å². The summed E-state index contributed by atoms with van der Waals surface area (Å²) in [5.74, 6) is 0.457. The minimum Gasteiger partial charge on any atom is -0.353 e. The van der Waals surface area contributed by atoms with Gasteiger partial charge in [0.25, 0.3) is 0 Å². The number of amides is 3. The second-order valence-corrected chi connectivity index (χ2v) is 8.40. The molecule has 1 heterocycles. The predicted octanol–water partition coefficient (Wildman–Crippen LogP) is 2.78. The van der Waals surface area contributed by atoms with E-state index in [9.17, 15) is 14.4 Å². The first kappa shape index (κ1) is 19.3. The number of carbonyl (C=O) groups is 3. The van der Waals surface area contributed by atoms with Gasteiger partial charge in [-0.15, -0.1) is 11.8 Å². The maximum Gasteiger partial charge on any atom is 0.240 e. The second kappa shape index (κ2) is 10.1. The summed E-state index contributed by atoms with van der Waals surface area (Å²) >= 11 is 1.27. The quantitative estimate of drug-likeness (QED) is 0.761. The van der Waals surface area contributed by atoms with Crippen LogP contribution in [0.5, 0.6) is 0 Å². The van der Waals surface area contributed by atoms with Gasteiger partial charge >= 0.3 is 0 Å². The van der Waals surface area contributed by atoms with E-state index in [1.54, 1.807) is 0 Å². The van der Waals surface area contributed by atoms with Crippen LogP contribution in [0.3, 0.4) is 0 Å². The van der Waals surface area contributed by atoms with Gasteiger partial charge < -0.3 is 5.32 Å². The summed E-state index contributed by atoms with van der Waals surface area (Å²) in [4.78, 5) is 34.9. The van der Waals surface area contributed by atoms with Crippen molar-refractivity contribution < 1.29 is 14.4 Å². The molecule has 0 aromatic rings. The van der Waals surface area contributed by atoms with Gasteiger partial charge in [0.15, 0.2) is 0 Å².